The van der Waals surface area contributed by atoms with Crippen LogP contribution in [-0.2, 0) is 0 Å². The standard InChI is InChI=1S/C21H64F2OSi11/c1-25(2,3)31(19,26(4,5)6)35(34(22,23)24,32(20,27(7,8)9)28(10,11)12)33(21,29(13,14)15)30(16,17)18/h24H,1-21H3. The third-order valence-electron chi connectivity index (χ3n) is 11.7. The highest BCUT2D eigenvalue weighted by Crippen LogP contribution is 2.57. The Morgan fingerprint density at radius 3 is 0.486 bits per heavy atom. The molecule has 0 atom stereocenters. The van der Waals surface area contributed by atoms with Gasteiger partial charge in [-0.1, -0.05) is 137 Å². The fraction of sp³-hybridized carbons (Fsp3) is 1.00. The van der Waals surface area contributed by atoms with E-state index < -0.39 is 80.1 Å². The molecule has 0 aromatic rings. The van der Waals surface area contributed by atoms with Gasteiger partial charge in [-0.15, -0.1) is 0 Å². The third-order valence-corrected chi connectivity index (χ3v) is 296. The normalized spacial score (nSPS) is 17.1. The maximum absolute atomic E-state index is 17.7. The summed E-state index contributed by atoms with van der Waals surface area (Å²) >= 11 is 0. The fourth-order valence-electron chi connectivity index (χ4n) is 9.15. The highest BCUT2D eigenvalue weighted by molar-refractivity contribution is 8.34. The van der Waals surface area contributed by atoms with Gasteiger partial charge in [0.1, 0.15) is 6.14 Å². The molecule has 0 fully saturated rings. The monoisotopic (exact) mass is 678 g/mol. The lowest BCUT2D eigenvalue weighted by molar-refractivity contribution is 0.398. The molecule has 35 heavy (non-hydrogen) atoms. The fourth-order valence-corrected chi connectivity index (χ4v) is 575. The van der Waals surface area contributed by atoms with Crippen molar-refractivity contribution < 1.29 is 13.0 Å². The Morgan fingerprint density at radius 2 is 0.429 bits per heavy atom. The molecule has 0 heterocycles. The molecule has 0 aliphatic carbocycles. The molecule has 0 aliphatic rings. The lowest BCUT2D eigenvalue weighted by atomic mass is 11.8. The average molecular weight is 680 g/mol. The Balaban J connectivity index is 9.48. The van der Waals surface area contributed by atoms with Crippen LogP contribution in [0.3, 0.4) is 0 Å². The minimum absolute atomic E-state index is 2.01. The number of rotatable bonds is 10. The Bertz CT molecular complexity index is 635. The van der Waals surface area contributed by atoms with E-state index in [1.54, 1.807) is 0 Å². The van der Waals surface area contributed by atoms with Crippen LogP contribution in [0.15, 0.2) is 0 Å². The second kappa shape index (κ2) is 9.65. The van der Waals surface area contributed by atoms with Gasteiger partial charge in [0.25, 0.3) is 0 Å². The Labute approximate surface area is 229 Å². The quantitative estimate of drug-likeness (QED) is 0.182. The van der Waals surface area contributed by atoms with Crippen molar-refractivity contribution in [1.29, 1.82) is 0 Å². The van der Waals surface area contributed by atoms with Gasteiger partial charge in [-0.3, -0.25) is 0 Å². The molecule has 1 nitrogen and oxygen atoms in total. The second-order valence-corrected chi connectivity index (χ2v) is 142. The smallest absolute Gasteiger partial charge is 0.388 e. The SMILES string of the molecule is C[Si](C)(C)[Si](C)([Si](C)(C)C)[Si]([Si](O)(F)F)([Si](C)([Si](C)(C)C)[Si](C)(C)C)[Si](C)([Si](C)(C)C)[Si](C)(C)C. The first-order valence-electron chi connectivity index (χ1n) is 13.6. The summed E-state index contributed by atoms with van der Waals surface area (Å²) in [4.78, 5) is 12.2. The van der Waals surface area contributed by atoms with Gasteiger partial charge in [0.15, 0.2) is 0 Å². The minimum atomic E-state index is -5.47. The van der Waals surface area contributed by atoms with Crippen LogP contribution in [0.5, 0.6) is 0 Å². The molecule has 0 aliphatic heterocycles. The predicted octanol–water partition coefficient (Wildman–Crippen LogP) is 8.35. The summed E-state index contributed by atoms with van der Waals surface area (Å²) < 4.78 is 35.4. The molecule has 14 heteroatoms. The summed E-state index contributed by atoms with van der Waals surface area (Å²) in [6, 6.07) is 0. The maximum Gasteiger partial charge on any atom is 0.534 e. The van der Waals surface area contributed by atoms with E-state index in [4.69, 9.17) is 0 Å². The van der Waals surface area contributed by atoms with Crippen molar-refractivity contribution in [2.45, 2.75) is 137 Å². The molecule has 0 radical (unpaired) electrons. The third kappa shape index (κ3) is 4.98. The molecule has 0 bridgehead atoms. The molecular weight excluding hydrogens is 615 g/mol. The van der Waals surface area contributed by atoms with Crippen LogP contribution in [0.1, 0.15) is 0 Å². The molecule has 0 saturated carbocycles. The van der Waals surface area contributed by atoms with Crippen LogP contribution in [0.4, 0.5) is 8.22 Å². The van der Waals surface area contributed by atoms with E-state index in [0.717, 1.165) is 0 Å². The van der Waals surface area contributed by atoms with Crippen molar-refractivity contribution in [2.24, 2.45) is 0 Å². The summed E-state index contributed by atoms with van der Waals surface area (Å²) in [7, 11) is -17.5. The Morgan fingerprint density at radius 1 is 0.314 bits per heavy atom. The molecule has 0 spiro atoms. The zero-order valence-electron chi connectivity index (χ0n) is 27.7. The summed E-state index contributed by atoms with van der Waals surface area (Å²) in [5.74, 6) is 0. The van der Waals surface area contributed by atoms with Crippen molar-refractivity contribution in [3.05, 3.63) is 0 Å². The first kappa shape index (κ1) is 37.2. The van der Waals surface area contributed by atoms with Crippen molar-refractivity contribution >= 4 is 80.1 Å². The largest absolute Gasteiger partial charge is 0.534 e. The molecule has 0 aromatic carbocycles. The van der Waals surface area contributed by atoms with Gasteiger partial charge in [-0.25, -0.2) is 8.22 Å². The molecule has 0 rings (SSSR count). The first-order chi connectivity index (χ1) is 14.5. The van der Waals surface area contributed by atoms with Gasteiger partial charge in [0.05, 0.1) is 0 Å². The molecule has 1 N–H and O–H groups in total. The average Bonchev–Trinajstić information content (AvgIpc) is 2.46. The van der Waals surface area contributed by atoms with Crippen LogP contribution in [0.2, 0.25) is 137 Å². The zero-order valence-corrected chi connectivity index (χ0v) is 38.7. The maximum atomic E-state index is 17.7. The molecule has 0 saturated heterocycles. The van der Waals surface area contributed by atoms with Crippen LogP contribution in [-0.4, -0.2) is 84.9 Å². The molecule has 0 aromatic heterocycles. The van der Waals surface area contributed by atoms with Crippen molar-refractivity contribution in [3.8, 4) is 0 Å². The first-order valence-corrected chi connectivity index (χ1v) is 55.8. The Hall–Kier alpha value is 2.21. The van der Waals surface area contributed by atoms with E-state index >= 15 is 8.22 Å². The molecule has 0 unspecified atom stereocenters. The van der Waals surface area contributed by atoms with Gasteiger partial charge >= 0.3 is 8.50 Å². The van der Waals surface area contributed by atoms with Crippen molar-refractivity contribution in [3.63, 3.8) is 0 Å². The van der Waals surface area contributed by atoms with E-state index in [1.165, 1.54) is 0 Å². The molecule has 212 valence electrons. The summed E-state index contributed by atoms with van der Waals surface area (Å²) in [6.45, 7) is 45.0. The van der Waals surface area contributed by atoms with E-state index in [1.807, 2.05) is 0 Å². The van der Waals surface area contributed by atoms with E-state index in [9.17, 15) is 4.80 Å². The van der Waals surface area contributed by atoms with E-state index in [-0.39, 0.29) is 0 Å². The van der Waals surface area contributed by atoms with Gasteiger partial charge in [-0.2, -0.15) is 0 Å². The lowest BCUT2D eigenvalue weighted by Crippen LogP contribution is -3.12. The molecule has 0 amide bonds. The topological polar surface area (TPSA) is 20.2 Å². The van der Waals surface area contributed by atoms with Crippen LogP contribution < -0.4 is 0 Å². The van der Waals surface area contributed by atoms with E-state index in [0.29, 0.717) is 0 Å². The second-order valence-electron chi connectivity index (χ2n) is 18.2. The lowest BCUT2D eigenvalue weighted by Gasteiger charge is -2.76. The highest BCUT2D eigenvalue weighted by atomic mass is 30.5. The molecular formula is C21H64F2OSi11. The summed E-state index contributed by atoms with van der Waals surface area (Å²) in [6.07, 6.45) is -3.42. The number of hydrogen-bond donors (Lipinski definition) is 1. The highest BCUT2D eigenvalue weighted by Gasteiger charge is 2.92. The van der Waals surface area contributed by atoms with Gasteiger partial charge in [0, 0.05) is 65.4 Å². The van der Waals surface area contributed by atoms with Gasteiger partial charge in [0.2, 0.25) is 0 Å². The van der Waals surface area contributed by atoms with Crippen LogP contribution >= 0.6 is 0 Å². The number of halogens is 2. The van der Waals surface area contributed by atoms with Crippen molar-refractivity contribution in [2.75, 3.05) is 0 Å². The summed E-state index contributed by atoms with van der Waals surface area (Å²) in [5.41, 5.74) is 0. The van der Waals surface area contributed by atoms with Gasteiger partial charge in [-0.05, 0) is 0 Å². The number of hydrogen-bond acceptors (Lipinski definition) is 1. The van der Waals surface area contributed by atoms with Crippen molar-refractivity contribution in [1.82, 2.24) is 0 Å². The summed E-state index contributed by atoms with van der Waals surface area (Å²) in [5, 5.41) is 0. The minimum Gasteiger partial charge on any atom is -0.388 e. The van der Waals surface area contributed by atoms with Gasteiger partial charge < -0.3 is 4.80 Å². The Kier molecular flexibility index (Phi) is 10.3. The predicted molar refractivity (Wildman–Crippen MR) is 191 cm³/mol. The van der Waals surface area contributed by atoms with Crippen LogP contribution in [0.25, 0.3) is 0 Å². The van der Waals surface area contributed by atoms with E-state index in [2.05, 4.69) is 137 Å². The van der Waals surface area contributed by atoms with Crippen LogP contribution in [0, 0.1) is 0 Å². The zero-order chi connectivity index (χ0) is 29.5.